The van der Waals surface area contributed by atoms with Crippen molar-refractivity contribution in [3.05, 3.63) is 42.5 Å². The Hall–Kier alpha value is -1.77. The second kappa shape index (κ2) is 4.48. The molecule has 0 atom stereocenters. The molecule has 1 N–H and O–H groups in total. The monoisotopic (exact) mass is 242 g/mol. The van der Waals surface area contributed by atoms with Crippen LogP contribution in [0.1, 0.15) is 31.2 Å². The van der Waals surface area contributed by atoms with Crippen LogP contribution < -0.4 is 5.32 Å². The number of aliphatic imine (C=N–C) groups is 1. The van der Waals surface area contributed by atoms with Crippen LogP contribution in [0.2, 0.25) is 0 Å². The van der Waals surface area contributed by atoms with Crippen LogP contribution in [-0.2, 0) is 10.3 Å². The minimum Gasteiger partial charge on any atom is -0.453 e. The van der Waals surface area contributed by atoms with E-state index in [0.717, 1.165) is 18.5 Å². The summed E-state index contributed by atoms with van der Waals surface area (Å²) in [5.41, 5.74) is 2.26. The van der Waals surface area contributed by atoms with Gasteiger partial charge in [0, 0.05) is 11.3 Å². The molecule has 1 aliphatic heterocycles. The van der Waals surface area contributed by atoms with Gasteiger partial charge in [0.1, 0.15) is 5.60 Å². The lowest BCUT2D eigenvalue weighted by Crippen LogP contribution is -2.38. The summed E-state index contributed by atoms with van der Waals surface area (Å²) < 4.78 is 6.15. The van der Waals surface area contributed by atoms with E-state index in [9.17, 15) is 0 Å². The Balaban J connectivity index is 2.01. The highest BCUT2D eigenvalue weighted by Crippen LogP contribution is 2.47. The quantitative estimate of drug-likeness (QED) is 0.806. The molecule has 1 aromatic rings. The molecule has 3 nitrogen and oxygen atoms in total. The zero-order valence-electron chi connectivity index (χ0n) is 10.5. The zero-order valence-corrected chi connectivity index (χ0v) is 10.5. The van der Waals surface area contributed by atoms with E-state index in [-0.39, 0.29) is 5.60 Å². The smallest absolute Gasteiger partial charge is 0.290 e. The van der Waals surface area contributed by atoms with E-state index in [1.807, 2.05) is 6.07 Å². The summed E-state index contributed by atoms with van der Waals surface area (Å²) in [5, 5.41) is 3.26. The standard InChI is InChI=1S/C15H18N2O/c1-2-11-16-14-17-13-8-4-3-7-12(13)15(18-14)9-5-6-10-15/h2-4,7-8H,1,5-6,9-11H2,(H,16,17). The molecule has 0 bridgehead atoms. The van der Waals surface area contributed by atoms with E-state index in [4.69, 9.17) is 4.74 Å². The lowest BCUT2D eigenvalue weighted by atomic mass is 9.89. The number of hydrogen-bond acceptors (Lipinski definition) is 2. The Labute approximate surface area is 108 Å². The van der Waals surface area contributed by atoms with Crippen LogP contribution in [0.5, 0.6) is 0 Å². The molecule has 0 saturated heterocycles. The van der Waals surface area contributed by atoms with Gasteiger partial charge in [-0.3, -0.25) is 0 Å². The van der Waals surface area contributed by atoms with Crippen molar-refractivity contribution < 1.29 is 4.74 Å². The summed E-state index contributed by atoms with van der Waals surface area (Å²) >= 11 is 0. The van der Waals surface area contributed by atoms with Crippen molar-refractivity contribution in [2.75, 3.05) is 11.9 Å². The molecule has 1 heterocycles. The van der Waals surface area contributed by atoms with Crippen molar-refractivity contribution >= 4 is 11.7 Å². The summed E-state index contributed by atoms with van der Waals surface area (Å²) in [4.78, 5) is 4.38. The van der Waals surface area contributed by atoms with Gasteiger partial charge in [-0.15, -0.1) is 6.58 Å². The summed E-state index contributed by atoms with van der Waals surface area (Å²) in [7, 11) is 0. The van der Waals surface area contributed by atoms with Gasteiger partial charge in [0.2, 0.25) is 0 Å². The molecule has 1 fully saturated rings. The van der Waals surface area contributed by atoms with Gasteiger partial charge in [-0.05, 0) is 31.7 Å². The van der Waals surface area contributed by atoms with Gasteiger partial charge in [0.05, 0.1) is 6.54 Å². The fourth-order valence-corrected chi connectivity index (χ4v) is 2.91. The number of nitrogens with zero attached hydrogens (tertiary/aromatic N) is 1. The van der Waals surface area contributed by atoms with E-state index in [2.05, 4.69) is 35.1 Å². The SMILES string of the molecule is C=CCN=C1Nc2ccccc2C2(CCCC2)O1. The number of anilines is 1. The Morgan fingerprint density at radius 3 is 2.89 bits per heavy atom. The molecule has 1 aromatic carbocycles. The molecule has 18 heavy (non-hydrogen) atoms. The van der Waals surface area contributed by atoms with E-state index < -0.39 is 0 Å². The number of hydrogen-bond donors (Lipinski definition) is 1. The van der Waals surface area contributed by atoms with Crippen LogP contribution in [0.25, 0.3) is 0 Å². The van der Waals surface area contributed by atoms with Gasteiger partial charge in [-0.25, -0.2) is 4.99 Å². The predicted octanol–water partition coefficient (Wildman–Crippen LogP) is 3.44. The predicted molar refractivity (Wildman–Crippen MR) is 73.8 cm³/mol. The van der Waals surface area contributed by atoms with Crippen molar-refractivity contribution in [3.8, 4) is 0 Å². The molecule has 1 saturated carbocycles. The molecule has 0 aromatic heterocycles. The molecule has 0 radical (unpaired) electrons. The molecular formula is C15H18N2O. The molecule has 94 valence electrons. The third kappa shape index (κ3) is 1.80. The van der Waals surface area contributed by atoms with Crippen molar-refractivity contribution in [2.45, 2.75) is 31.3 Å². The number of amidine groups is 1. The highest BCUT2D eigenvalue weighted by atomic mass is 16.5. The lowest BCUT2D eigenvalue weighted by molar-refractivity contribution is 0.0556. The van der Waals surface area contributed by atoms with E-state index in [1.165, 1.54) is 18.4 Å². The highest BCUT2D eigenvalue weighted by molar-refractivity contribution is 5.92. The van der Waals surface area contributed by atoms with Crippen molar-refractivity contribution in [3.63, 3.8) is 0 Å². The minimum atomic E-state index is -0.151. The van der Waals surface area contributed by atoms with Crippen LogP contribution in [0.3, 0.4) is 0 Å². The second-order valence-electron chi connectivity index (χ2n) is 4.91. The Bertz CT molecular complexity index is 487. The van der Waals surface area contributed by atoms with Crippen LogP contribution in [0, 0.1) is 0 Å². The average Bonchev–Trinajstić information content (AvgIpc) is 2.86. The van der Waals surface area contributed by atoms with E-state index in [1.54, 1.807) is 6.08 Å². The van der Waals surface area contributed by atoms with Crippen LogP contribution >= 0.6 is 0 Å². The van der Waals surface area contributed by atoms with Crippen molar-refractivity contribution in [1.82, 2.24) is 0 Å². The minimum absolute atomic E-state index is 0.151. The first-order valence-corrected chi connectivity index (χ1v) is 6.55. The van der Waals surface area contributed by atoms with E-state index >= 15 is 0 Å². The number of nitrogens with one attached hydrogen (secondary N) is 1. The van der Waals surface area contributed by atoms with Gasteiger partial charge in [-0.2, -0.15) is 0 Å². The first kappa shape index (κ1) is 11.3. The maximum Gasteiger partial charge on any atom is 0.290 e. The topological polar surface area (TPSA) is 33.6 Å². The van der Waals surface area contributed by atoms with E-state index in [0.29, 0.717) is 12.6 Å². The largest absolute Gasteiger partial charge is 0.453 e. The zero-order chi connectivity index (χ0) is 12.4. The molecular weight excluding hydrogens is 224 g/mol. The molecule has 1 spiro atoms. The van der Waals surface area contributed by atoms with Crippen LogP contribution in [-0.4, -0.2) is 12.6 Å². The fourth-order valence-electron chi connectivity index (χ4n) is 2.91. The third-order valence-corrected chi connectivity index (χ3v) is 3.73. The number of rotatable bonds is 2. The van der Waals surface area contributed by atoms with Crippen LogP contribution in [0.4, 0.5) is 5.69 Å². The van der Waals surface area contributed by atoms with Gasteiger partial charge in [-0.1, -0.05) is 24.3 Å². The first-order valence-electron chi connectivity index (χ1n) is 6.55. The Morgan fingerprint density at radius 2 is 2.11 bits per heavy atom. The summed E-state index contributed by atoms with van der Waals surface area (Å²) in [6.45, 7) is 4.27. The fraction of sp³-hybridized carbons (Fsp3) is 0.400. The highest BCUT2D eigenvalue weighted by Gasteiger charge is 2.43. The van der Waals surface area contributed by atoms with Gasteiger partial charge >= 0.3 is 0 Å². The maximum absolute atomic E-state index is 6.15. The summed E-state index contributed by atoms with van der Waals surface area (Å²) in [6.07, 6.45) is 6.39. The molecule has 0 amide bonds. The van der Waals surface area contributed by atoms with Crippen molar-refractivity contribution in [1.29, 1.82) is 0 Å². The Morgan fingerprint density at radius 1 is 1.33 bits per heavy atom. The second-order valence-corrected chi connectivity index (χ2v) is 4.91. The first-order chi connectivity index (χ1) is 8.84. The summed E-state index contributed by atoms with van der Waals surface area (Å²) in [6, 6.07) is 9.02. The normalized spacial score (nSPS) is 22.3. The Kier molecular flexibility index (Phi) is 2.82. The van der Waals surface area contributed by atoms with Crippen LogP contribution in [0.15, 0.2) is 41.9 Å². The molecule has 0 unspecified atom stereocenters. The number of fused-ring (bicyclic) bond motifs is 2. The average molecular weight is 242 g/mol. The van der Waals surface area contributed by atoms with Gasteiger partial charge in [0.15, 0.2) is 0 Å². The third-order valence-electron chi connectivity index (χ3n) is 3.73. The molecule has 3 rings (SSSR count). The summed E-state index contributed by atoms with van der Waals surface area (Å²) in [5.74, 6) is 0. The van der Waals surface area contributed by atoms with Gasteiger partial charge < -0.3 is 10.1 Å². The lowest BCUT2D eigenvalue weighted by Gasteiger charge is -2.37. The molecule has 1 aliphatic carbocycles. The molecule has 2 aliphatic rings. The maximum atomic E-state index is 6.15. The number of para-hydroxylation sites is 1. The molecule has 3 heteroatoms. The van der Waals surface area contributed by atoms with Crippen molar-refractivity contribution in [2.24, 2.45) is 4.99 Å². The number of ether oxygens (including phenoxy) is 1. The number of benzene rings is 1. The van der Waals surface area contributed by atoms with Gasteiger partial charge in [0.25, 0.3) is 6.02 Å².